The molecule has 1 fully saturated rings. The van der Waals surface area contributed by atoms with E-state index in [4.69, 9.17) is 0 Å². The molecule has 4 nitrogen and oxygen atoms in total. The first-order valence-corrected chi connectivity index (χ1v) is 7.03. The summed E-state index contributed by atoms with van der Waals surface area (Å²) in [5.41, 5.74) is 3.36. The molecule has 1 N–H and O–H groups in total. The van der Waals surface area contributed by atoms with E-state index in [2.05, 4.69) is 28.9 Å². The van der Waals surface area contributed by atoms with E-state index in [0.717, 1.165) is 37.1 Å². The maximum absolute atomic E-state index is 10.1. The van der Waals surface area contributed by atoms with Crippen molar-refractivity contribution in [3.63, 3.8) is 0 Å². The molecule has 0 spiro atoms. The van der Waals surface area contributed by atoms with Crippen molar-refractivity contribution in [2.45, 2.75) is 38.8 Å². The van der Waals surface area contributed by atoms with Crippen molar-refractivity contribution in [2.75, 3.05) is 0 Å². The first kappa shape index (κ1) is 12.5. The lowest BCUT2D eigenvalue weighted by Gasteiger charge is -2.06. The molecule has 0 saturated heterocycles. The van der Waals surface area contributed by atoms with Crippen LogP contribution in [0.3, 0.4) is 0 Å². The van der Waals surface area contributed by atoms with Crippen LogP contribution >= 0.6 is 0 Å². The second kappa shape index (κ2) is 4.85. The summed E-state index contributed by atoms with van der Waals surface area (Å²) >= 11 is 0. The summed E-state index contributed by atoms with van der Waals surface area (Å²) in [6.45, 7) is 2.92. The second-order valence-corrected chi connectivity index (χ2v) is 5.50. The van der Waals surface area contributed by atoms with Gasteiger partial charge in [-0.15, -0.1) is 0 Å². The monoisotopic (exact) mass is 259 g/mol. The predicted molar refractivity (Wildman–Crippen MR) is 73.8 cm³/mol. The van der Waals surface area contributed by atoms with E-state index in [1.807, 2.05) is 24.0 Å². The van der Waals surface area contributed by atoms with Gasteiger partial charge in [0.15, 0.2) is 0 Å². The largest absolute Gasteiger partial charge is 0.388 e. The third-order valence-corrected chi connectivity index (χ3v) is 3.92. The van der Waals surface area contributed by atoms with Crippen molar-refractivity contribution in [1.82, 2.24) is 14.3 Å². The molecule has 0 bridgehead atoms. The number of aromatic nitrogens is 3. The van der Waals surface area contributed by atoms with Crippen molar-refractivity contribution in [3.8, 4) is 0 Å². The van der Waals surface area contributed by atoms with Gasteiger partial charge in [-0.05, 0) is 42.9 Å². The molecular weight excluding hydrogens is 238 g/mol. The fraction of sp³-hybridized carbons (Fsp3) is 0.533. The number of hydrogen-bond donors (Lipinski definition) is 1. The molecule has 19 heavy (non-hydrogen) atoms. The fourth-order valence-corrected chi connectivity index (χ4v) is 2.50. The van der Waals surface area contributed by atoms with Gasteiger partial charge in [-0.2, -0.15) is 5.10 Å². The Labute approximate surface area is 113 Å². The summed E-state index contributed by atoms with van der Waals surface area (Å²) in [6, 6.07) is 4.18. The lowest BCUT2D eigenvalue weighted by molar-refractivity contribution is 0.154. The Morgan fingerprint density at radius 3 is 2.89 bits per heavy atom. The molecule has 0 amide bonds. The Morgan fingerprint density at radius 1 is 1.47 bits per heavy atom. The van der Waals surface area contributed by atoms with Crippen molar-refractivity contribution in [3.05, 3.63) is 41.5 Å². The van der Waals surface area contributed by atoms with Crippen LogP contribution in [0.15, 0.2) is 24.5 Å². The molecule has 1 saturated carbocycles. The molecular formula is C15H21N3O. The van der Waals surface area contributed by atoms with Crippen LogP contribution in [0.2, 0.25) is 0 Å². The zero-order valence-electron chi connectivity index (χ0n) is 11.6. The molecule has 2 aromatic rings. The Balaban J connectivity index is 1.73. The van der Waals surface area contributed by atoms with Crippen LogP contribution in [0.1, 0.15) is 42.8 Å². The van der Waals surface area contributed by atoms with Crippen molar-refractivity contribution >= 4 is 0 Å². The maximum Gasteiger partial charge on any atom is 0.0832 e. The smallest absolute Gasteiger partial charge is 0.0832 e. The van der Waals surface area contributed by atoms with Gasteiger partial charge in [0.25, 0.3) is 0 Å². The number of aliphatic hydroxyl groups is 1. The van der Waals surface area contributed by atoms with Gasteiger partial charge >= 0.3 is 0 Å². The first-order chi connectivity index (χ1) is 9.17. The Morgan fingerprint density at radius 2 is 2.26 bits per heavy atom. The third-order valence-electron chi connectivity index (χ3n) is 3.92. The van der Waals surface area contributed by atoms with Crippen LogP contribution in [-0.2, 0) is 20.0 Å². The number of aliphatic hydroxyl groups excluding tert-OH is 1. The average molecular weight is 259 g/mol. The quantitative estimate of drug-likeness (QED) is 0.895. The lowest BCUT2D eigenvalue weighted by Crippen LogP contribution is -2.04. The Hall–Kier alpha value is -1.55. The zero-order valence-corrected chi connectivity index (χ0v) is 11.6. The van der Waals surface area contributed by atoms with Gasteiger partial charge in [0.2, 0.25) is 0 Å². The molecule has 1 aliphatic carbocycles. The first-order valence-electron chi connectivity index (χ1n) is 7.03. The molecule has 2 aromatic heterocycles. The van der Waals surface area contributed by atoms with Gasteiger partial charge in [-0.1, -0.05) is 6.92 Å². The van der Waals surface area contributed by atoms with E-state index in [9.17, 15) is 5.11 Å². The van der Waals surface area contributed by atoms with E-state index < -0.39 is 0 Å². The molecule has 0 radical (unpaired) electrons. The van der Waals surface area contributed by atoms with Crippen LogP contribution < -0.4 is 0 Å². The van der Waals surface area contributed by atoms with Gasteiger partial charge in [0.05, 0.1) is 24.0 Å². The molecule has 102 valence electrons. The third kappa shape index (κ3) is 2.59. The SMILES string of the molecule is CCc1cc(Cn2ccc(C(O)C3CC3)c2)n(C)n1. The highest BCUT2D eigenvalue weighted by Gasteiger charge is 2.31. The molecule has 4 heteroatoms. The number of rotatable bonds is 5. The molecule has 0 aromatic carbocycles. The topological polar surface area (TPSA) is 43.0 Å². The highest BCUT2D eigenvalue weighted by Crippen LogP contribution is 2.40. The van der Waals surface area contributed by atoms with Gasteiger partial charge in [0.1, 0.15) is 0 Å². The van der Waals surface area contributed by atoms with Crippen LogP contribution in [-0.4, -0.2) is 19.5 Å². The minimum atomic E-state index is -0.279. The van der Waals surface area contributed by atoms with E-state index in [1.54, 1.807) is 0 Å². The molecule has 1 unspecified atom stereocenters. The summed E-state index contributed by atoms with van der Waals surface area (Å²) in [7, 11) is 1.98. The normalized spacial score (nSPS) is 16.8. The summed E-state index contributed by atoms with van der Waals surface area (Å²) in [6.07, 6.45) is 7.10. The highest BCUT2D eigenvalue weighted by atomic mass is 16.3. The van der Waals surface area contributed by atoms with Crippen molar-refractivity contribution < 1.29 is 5.11 Å². The van der Waals surface area contributed by atoms with Gasteiger partial charge in [-0.25, -0.2) is 0 Å². The fourth-order valence-electron chi connectivity index (χ4n) is 2.50. The summed E-state index contributed by atoms with van der Waals surface area (Å²) in [5, 5.41) is 14.6. The van der Waals surface area contributed by atoms with Gasteiger partial charge in [-0.3, -0.25) is 4.68 Å². The van der Waals surface area contributed by atoms with Crippen molar-refractivity contribution in [2.24, 2.45) is 13.0 Å². The van der Waals surface area contributed by atoms with Crippen LogP contribution in [0.5, 0.6) is 0 Å². The maximum atomic E-state index is 10.1. The summed E-state index contributed by atoms with van der Waals surface area (Å²) in [4.78, 5) is 0. The summed E-state index contributed by atoms with van der Waals surface area (Å²) in [5.74, 6) is 0.485. The van der Waals surface area contributed by atoms with Gasteiger partial charge in [0, 0.05) is 19.4 Å². The van der Waals surface area contributed by atoms with Crippen LogP contribution in [0.25, 0.3) is 0 Å². The zero-order chi connectivity index (χ0) is 13.4. The number of hydrogen-bond acceptors (Lipinski definition) is 2. The lowest BCUT2D eigenvalue weighted by atomic mass is 10.1. The van der Waals surface area contributed by atoms with Crippen molar-refractivity contribution in [1.29, 1.82) is 0 Å². The molecule has 1 aliphatic rings. The highest BCUT2D eigenvalue weighted by molar-refractivity contribution is 5.18. The number of aryl methyl sites for hydroxylation is 2. The van der Waals surface area contributed by atoms with E-state index in [1.165, 1.54) is 5.69 Å². The van der Waals surface area contributed by atoms with Gasteiger partial charge < -0.3 is 9.67 Å². The predicted octanol–water partition coefficient (Wildman–Crippen LogP) is 2.28. The average Bonchev–Trinajstić information content (AvgIpc) is 3.06. The minimum Gasteiger partial charge on any atom is -0.388 e. The molecule has 2 heterocycles. The minimum absolute atomic E-state index is 0.279. The van der Waals surface area contributed by atoms with E-state index >= 15 is 0 Å². The Bertz CT molecular complexity index is 566. The van der Waals surface area contributed by atoms with E-state index in [0.29, 0.717) is 5.92 Å². The molecule has 0 aliphatic heterocycles. The van der Waals surface area contributed by atoms with Crippen LogP contribution in [0.4, 0.5) is 0 Å². The second-order valence-electron chi connectivity index (χ2n) is 5.50. The molecule has 3 rings (SSSR count). The van der Waals surface area contributed by atoms with E-state index in [-0.39, 0.29) is 6.10 Å². The molecule has 1 atom stereocenters. The Kier molecular flexibility index (Phi) is 3.19. The standard InChI is InChI=1S/C15H21N3O/c1-3-13-8-14(17(2)16-13)10-18-7-6-12(9-18)15(19)11-4-5-11/h6-9,11,15,19H,3-5,10H2,1-2H3. The van der Waals surface area contributed by atoms with Crippen LogP contribution in [0, 0.1) is 5.92 Å². The summed E-state index contributed by atoms with van der Waals surface area (Å²) < 4.78 is 4.06. The number of nitrogens with zero attached hydrogens (tertiary/aromatic N) is 3.